The van der Waals surface area contributed by atoms with Crippen molar-refractivity contribution in [2.45, 2.75) is 9.79 Å². The Bertz CT molecular complexity index is 1050. The van der Waals surface area contributed by atoms with Crippen LogP contribution in [0.4, 0.5) is 5.69 Å². The van der Waals surface area contributed by atoms with E-state index in [0.29, 0.717) is 5.02 Å². The lowest BCUT2D eigenvalue weighted by molar-refractivity contribution is -0.138. The molecule has 154 valence electrons. The van der Waals surface area contributed by atoms with Gasteiger partial charge in [0.25, 0.3) is 0 Å². The summed E-state index contributed by atoms with van der Waals surface area (Å²) in [4.78, 5) is 23.4. The molecule has 8 nitrogen and oxygen atoms in total. The van der Waals surface area contributed by atoms with Crippen molar-refractivity contribution in [2.75, 3.05) is 26.6 Å². The molecule has 0 atom stereocenters. The van der Waals surface area contributed by atoms with Crippen molar-refractivity contribution in [3.8, 4) is 5.75 Å². The maximum absolute atomic E-state index is 13.0. The maximum atomic E-state index is 13.0. The summed E-state index contributed by atoms with van der Waals surface area (Å²) in [6.45, 7) is 0. The molecule has 0 amide bonds. The van der Waals surface area contributed by atoms with Crippen LogP contribution in [0, 0.1) is 0 Å². The summed E-state index contributed by atoms with van der Waals surface area (Å²) in [6.07, 6.45) is 0.888. The summed E-state index contributed by atoms with van der Waals surface area (Å²) in [6, 6.07) is 9.75. The van der Waals surface area contributed by atoms with Crippen LogP contribution in [-0.4, -0.2) is 41.7 Å². The predicted octanol–water partition coefficient (Wildman–Crippen LogP) is 2.82. The number of benzene rings is 2. The normalized spacial score (nSPS) is 11.5. The Hall–Kier alpha value is -3.04. The van der Waals surface area contributed by atoms with Crippen LogP contribution < -0.4 is 10.1 Å². The molecule has 2 aromatic rings. The number of esters is 2. The van der Waals surface area contributed by atoms with Crippen LogP contribution in [0.3, 0.4) is 0 Å². The smallest absolute Gasteiger partial charge is 0.354 e. The summed E-state index contributed by atoms with van der Waals surface area (Å²) < 4.78 is 40.2. The predicted molar refractivity (Wildman–Crippen MR) is 106 cm³/mol. The Labute approximate surface area is 172 Å². The zero-order valence-corrected chi connectivity index (χ0v) is 17.3. The SMILES string of the molecule is COC(=O)/C=C(/Nc1cc(OC)cc(S(=O)(=O)c2ccc(Cl)cc2)c1)C(=O)OC. The molecule has 2 aromatic carbocycles. The molecular weight excluding hydrogens is 422 g/mol. The molecule has 0 saturated carbocycles. The number of nitrogens with one attached hydrogen (secondary N) is 1. The number of halogens is 1. The Kier molecular flexibility index (Phi) is 7.24. The van der Waals surface area contributed by atoms with Gasteiger partial charge in [0.15, 0.2) is 0 Å². The van der Waals surface area contributed by atoms with E-state index < -0.39 is 21.8 Å². The fourth-order valence-corrected chi connectivity index (χ4v) is 3.70. The Morgan fingerprint density at radius 1 is 0.966 bits per heavy atom. The summed E-state index contributed by atoms with van der Waals surface area (Å²) in [5.41, 5.74) is -0.0696. The van der Waals surface area contributed by atoms with Crippen molar-refractivity contribution in [3.63, 3.8) is 0 Å². The summed E-state index contributed by atoms with van der Waals surface area (Å²) in [7, 11) is -0.257. The van der Waals surface area contributed by atoms with Crippen molar-refractivity contribution in [2.24, 2.45) is 0 Å². The molecule has 29 heavy (non-hydrogen) atoms. The number of hydrogen-bond donors (Lipinski definition) is 1. The molecule has 0 spiro atoms. The second kappa shape index (κ2) is 9.44. The molecule has 0 fully saturated rings. The number of rotatable bonds is 7. The molecule has 2 rings (SSSR count). The molecule has 0 bridgehead atoms. The summed E-state index contributed by atoms with van der Waals surface area (Å²) in [5.74, 6) is -1.43. The van der Waals surface area contributed by atoms with Gasteiger partial charge in [-0.05, 0) is 36.4 Å². The van der Waals surface area contributed by atoms with E-state index in [1.165, 1.54) is 49.6 Å². The van der Waals surface area contributed by atoms with Crippen molar-refractivity contribution in [1.82, 2.24) is 0 Å². The van der Waals surface area contributed by atoms with Crippen LogP contribution in [0.2, 0.25) is 5.02 Å². The number of sulfone groups is 1. The number of anilines is 1. The fourth-order valence-electron chi connectivity index (χ4n) is 2.26. The van der Waals surface area contributed by atoms with Crippen LogP contribution in [-0.2, 0) is 28.9 Å². The van der Waals surface area contributed by atoms with Gasteiger partial charge in [0, 0.05) is 16.8 Å². The highest BCUT2D eigenvalue weighted by Gasteiger charge is 2.21. The molecular formula is C19H18ClNO7S. The minimum atomic E-state index is -3.91. The van der Waals surface area contributed by atoms with Gasteiger partial charge in [-0.3, -0.25) is 0 Å². The van der Waals surface area contributed by atoms with Gasteiger partial charge in [0.2, 0.25) is 9.84 Å². The van der Waals surface area contributed by atoms with Gasteiger partial charge in [-0.15, -0.1) is 0 Å². The zero-order valence-electron chi connectivity index (χ0n) is 15.8. The molecule has 10 heteroatoms. The van der Waals surface area contributed by atoms with Gasteiger partial charge in [-0.25, -0.2) is 18.0 Å². The van der Waals surface area contributed by atoms with Crippen LogP contribution in [0.25, 0.3) is 0 Å². The third kappa shape index (κ3) is 5.49. The van der Waals surface area contributed by atoms with Gasteiger partial charge >= 0.3 is 11.9 Å². The summed E-state index contributed by atoms with van der Waals surface area (Å²) in [5, 5.41) is 3.06. The standard InChI is InChI=1S/C19H18ClNO7S/c1-26-14-8-13(21-17(19(23)28-3)11-18(22)27-2)9-16(10-14)29(24,25)15-6-4-12(20)5-7-15/h4-11,21H,1-3H3/b17-11+. The molecule has 1 N–H and O–H groups in total. The zero-order chi connectivity index (χ0) is 21.6. The summed E-state index contributed by atoms with van der Waals surface area (Å²) >= 11 is 5.82. The van der Waals surface area contributed by atoms with E-state index in [0.717, 1.165) is 20.3 Å². The van der Waals surface area contributed by atoms with Crippen LogP contribution >= 0.6 is 11.6 Å². The third-order valence-corrected chi connectivity index (χ3v) is 5.70. The monoisotopic (exact) mass is 439 g/mol. The second-order valence-corrected chi connectivity index (χ2v) is 7.94. The molecule has 0 saturated heterocycles. The van der Waals surface area contributed by atoms with Crippen LogP contribution in [0.5, 0.6) is 5.75 Å². The van der Waals surface area contributed by atoms with Gasteiger partial charge in [0.1, 0.15) is 11.4 Å². The number of methoxy groups -OCH3 is 3. The van der Waals surface area contributed by atoms with Crippen LogP contribution in [0.15, 0.2) is 64.0 Å². The van der Waals surface area contributed by atoms with Gasteiger partial charge < -0.3 is 19.5 Å². The van der Waals surface area contributed by atoms with Crippen LogP contribution in [0.1, 0.15) is 0 Å². The quantitative estimate of drug-likeness (QED) is 0.518. The van der Waals surface area contributed by atoms with E-state index >= 15 is 0 Å². The lowest BCUT2D eigenvalue weighted by Crippen LogP contribution is -2.16. The first-order chi connectivity index (χ1) is 13.7. The van der Waals surface area contributed by atoms with E-state index in [-0.39, 0.29) is 26.9 Å². The Morgan fingerprint density at radius 2 is 1.62 bits per heavy atom. The van der Waals surface area contributed by atoms with E-state index in [2.05, 4.69) is 14.8 Å². The van der Waals surface area contributed by atoms with Crippen molar-refractivity contribution < 1.29 is 32.2 Å². The van der Waals surface area contributed by atoms with E-state index in [1.54, 1.807) is 0 Å². The number of carbonyl (C=O) groups is 2. The second-order valence-electron chi connectivity index (χ2n) is 5.55. The van der Waals surface area contributed by atoms with Crippen molar-refractivity contribution in [3.05, 3.63) is 59.3 Å². The molecule has 0 aromatic heterocycles. The highest BCUT2D eigenvalue weighted by molar-refractivity contribution is 7.91. The molecule has 0 aliphatic rings. The first-order valence-corrected chi connectivity index (χ1v) is 9.92. The molecule has 0 aliphatic heterocycles. The lowest BCUT2D eigenvalue weighted by Gasteiger charge is -2.13. The first kappa shape index (κ1) is 22.3. The molecule has 0 unspecified atom stereocenters. The largest absolute Gasteiger partial charge is 0.497 e. The lowest BCUT2D eigenvalue weighted by atomic mass is 10.2. The molecule has 0 heterocycles. The number of hydrogen-bond acceptors (Lipinski definition) is 8. The van der Waals surface area contributed by atoms with E-state index in [1.807, 2.05) is 0 Å². The third-order valence-electron chi connectivity index (χ3n) is 3.70. The van der Waals surface area contributed by atoms with Gasteiger partial charge in [-0.2, -0.15) is 0 Å². The minimum Gasteiger partial charge on any atom is -0.497 e. The number of ether oxygens (including phenoxy) is 3. The Balaban J connectivity index is 2.52. The average molecular weight is 440 g/mol. The van der Waals surface area contributed by atoms with Crippen molar-refractivity contribution >= 4 is 39.1 Å². The van der Waals surface area contributed by atoms with Gasteiger partial charge in [-0.1, -0.05) is 11.6 Å². The topological polar surface area (TPSA) is 108 Å². The minimum absolute atomic E-state index is 0.0272. The first-order valence-electron chi connectivity index (χ1n) is 8.06. The highest BCUT2D eigenvalue weighted by atomic mass is 35.5. The fraction of sp³-hybridized carbons (Fsp3) is 0.158. The van der Waals surface area contributed by atoms with E-state index in [9.17, 15) is 18.0 Å². The number of carbonyl (C=O) groups excluding carboxylic acids is 2. The Morgan fingerprint density at radius 3 is 2.17 bits per heavy atom. The molecule has 0 radical (unpaired) electrons. The maximum Gasteiger partial charge on any atom is 0.354 e. The van der Waals surface area contributed by atoms with E-state index in [4.69, 9.17) is 16.3 Å². The van der Waals surface area contributed by atoms with Crippen molar-refractivity contribution in [1.29, 1.82) is 0 Å². The van der Waals surface area contributed by atoms with Gasteiger partial charge in [0.05, 0.1) is 37.2 Å². The molecule has 0 aliphatic carbocycles. The average Bonchev–Trinajstić information content (AvgIpc) is 2.72. The highest BCUT2D eigenvalue weighted by Crippen LogP contribution is 2.29.